The molecule has 33 nitrogen and oxygen atoms in total. The van der Waals surface area contributed by atoms with E-state index in [-0.39, 0.29) is 103 Å². The molecule has 4 atom stereocenters. The van der Waals surface area contributed by atoms with Crippen LogP contribution in [0.1, 0.15) is 236 Å². The molecular weight excluding hydrogens is 1720 g/mol. The van der Waals surface area contributed by atoms with Crippen LogP contribution in [0.15, 0.2) is 94.9 Å². The number of aliphatic carboxylic acids is 2. The summed E-state index contributed by atoms with van der Waals surface area (Å²) in [6.07, 6.45) is 6.76. The lowest BCUT2D eigenvalue weighted by Gasteiger charge is -2.27. The van der Waals surface area contributed by atoms with Gasteiger partial charge in [-0.05, 0) is 146 Å². The molecule has 0 spiro atoms. The van der Waals surface area contributed by atoms with Gasteiger partial charge in [-0.15, -0.1) is 43.1 Å². The maximum Gasteiger partial charge on any atom is 0.490 e. The van der Waals surface area contributed by atoms with Crippen LogP contribution in [0.25, 0.3) is 10.0 Å². The Labute approximate surface area is 738 Å². The van der Waals surface area contributed by atoms with Crippen molar-refractivity contribution >= 4 is 134 Å². The number of carbonyl (C=O) groups is 13. The van der Waals surface area contributed by atoms with E-state index in [9.17, 15) is 75.8 Å². The summed E-state index contributed by atoms with van der Waals surface area (Å²) in [4.78, 5) is 172. The van der Waals surface area contributed by atoms with Crippen molar-refractivity contribution in [1.29, 1.82) is 0 Å². The van der Waals surface area contributed by atoms with Crippen molar-refractivity contribution in [2.24, 2.45) is 15.7 Å². The SMILES string of the molecule is Cc1sc2c(c1C)C(c1ccc(Cl)cc1)=N[C@@H](CC(=O)NCCCCCCCCNC(=O)COc1cccc3c1C(=O)N(C1CCC(=O)NC1=O)C3=O)c1nnc(C)n1-2.Cc1sc2c(c1C)C(c1ccc(Cl)cc1)=N[C@@H](CC(=O)O)c1nnc(C)n1-2.NCCCCCCCCNC(=O)COc1cccc2c1C(=O)N(C1CCC(=O)NC1=O)C2=O.O=C(O)C(F)(F)F. The fourth-order valence-corrected chi connectivity index (χ4v) is 17.6. The molecule has 0 bridgehead atoms. The Kier molecular flexibility index (Phi) is 31.9. The van der Waals surface area contributed by atoms with E-state index in [1.54, 1.807) is 34.8 Å². The van der Waals surface area contributed by atoms with Gasteiger partial charge in [0.15, 0.2) is 24.9 Å². The number of carbonyl (C=O) groups excluding carboxylic acids is 11. The highest BCUT2D eigenvalue weighted by Crippen LogP contribution is 2.43. The van der Waals surface area contributed by atoms with Crippen LogP contribution < -0.4 is 41.8 Å². The molecule has 2 unspecified atom stereocenters. The number of aromatic nitrogens is 6. The lowest BCUT2D eigenvalue weighted by molar-refractivity contribution is -0.192. The van der Waals surface area contributed by atoms with E-state index >= 15 is 0 Å². The number of halogens is 5. The monoisotopic (exact) mass is 1810 g/mol. The van der Waals surface area contributed by atoms with Gasteiger partial charge in [-0.2, -0.15) is 13.2 Å². The molecule has 0 aliphatic carbocycles. The Morgan fingerprint density at radius 1 is 0.500 bits per heavy atom. The highest BCUT2D eigenvalue weighted by atomic mass is 35.5. The maximum absolute atomic E-state index is 13.3. The number of hydrogen-bond acceptors (Lipinski definition) is 24. The van der Waals surface area contributed by atoms with Gasteiger partial charge in [-0.25, -0.2) is 4.79 Å². The number of amides is 11. The molecule has 14 rings (SSSR count). The number of aliphatic imine (C=N–C) groups is 2. The minimum Gasteiger partial charge on any atom is -0.483 e. The van der Waals surface area contributed by atoms with Crippen LogP contribution in [0.3, 0.4) is 0 Å². The van der Waals surface area contributed by atoms with Crippen LogP contribution in [0, 0.1) is 41.5 Å². The molecule has 4 aromatic carbocycles. The number of fused-ring (bicyclic) bond motifs is 8. The standard InChI is InChI=1S/C42H45ClN8O7S.C23H30N4O6.C19H17ClN4O2S.C2HF3O2/c1-23-24(2)59-42-35(23)37(26-13-15-27(43)16-14-26)46-29(38-49-48-25(3)50(38)42)21-33(53)44-19-8-6-4-5-7-9-20-45-34(54)22-58-31-12-10-11-28-36(31)41(57)51(40(28)56)30-17-18-32(52)47-39(30)55;24-12-5-3-1-2-4-6-13-25-19(29)14-33-17-9-7-8-15-20(17)23(32)27(22(15)31)16-10-11-18(28)26-21(16)30;1-9-10(2)27-19-16(9)17(12-4-6-13(20)7-5-12)21-14(8-15(25)26)18-23-22-11(3)24(18)19;3-2(4,5)1(6)7/h10-16,29-30H,4-9,17-22H2,1-3H3,(H,44,53)(H,45,54)(H,47,52,55);7-9,16H,1-6,10-14,24H2,(H,25,29)(H,26,28,30);4-7,14H,8H2,1-3H3,(H,25,26);(H,6,7)/t29-,30?;;14-;/m0.0./s1. The van der Waals surface area contributed by atoms with Crippen molar-refractivity contribution in [1.82, 2.24) is 65.9 Å². The summed E-state index contributed by atoms with van der Waals surface area (Å²) in [5.74, 6) is -6.55. The van der Waals surface area contributed by atoms with E-state index in [1.807, 2.05) is 71.5 Å². The minimum absolute atomic E-state index is 0.00441. The zero-order valence-electron chi connectivity index (χ0n) is 69.6. The number of nitrogens with zero attached hydrogens (tertiary/aromatic N) is 10. The van der Waals surface area contributed by atoms with Crippen LogP contribution >= 0.6 is 45.9 Å². The first kappa shape index (κ1) is 94.4. The highest BCUT2D eigenvalue weighted by Gasteiger charge is 2.48. The number of ether oxygens (including phenoxy) is 2. The van der Waals surface area contributed by atoms with Crippen molar-refractivity contribution in [3.05, 3.63) is 184 Å². The van der Waals surface area contributed by atoms with Crippen molar-refractivity contribution in [3.63, 3.8) is 0 Å². The molecule has 9 N–H and O–H groups in total. The number of piperidine rings is 2. The molecule has 0 saturated carbocycles. The predicted octanol–water partition coefficient (Wildman–Crippen LogP) is 11.0. The Morgan fingerprint density at radius 3 is 1.23 bits per heavy atom. The van der Waals surface area contributed by atoms with Crippen molar-refractivity contribution in [2.45, 2.75) is 187 Å². The summed E-state index contributed by atoms with van der Waals surface area (Å²) in [6, 6.07) is 20.8. The summed E-state index contributed by atoms with van der Waals surface area (Å²) < 4.78 is 46.9. The number of carboxylic acids is 2. The second-order valence-corrected chi connectivity index (χ2v) is 33.6. The molecule has 0 radical (unpaired) electrons. The minimum atomic E-state index is -5.08. The van der Waals surface area contributed by atoms with Gasteiger partial charge >= 0.3 is 18.1 Å². The number of imide groups is 4. The van der Waals surface area contributed by atoms with Crippen molar-refractivity contribution in [3.8, 4) is 21.5 Å². The van der Waals surface area contributed by atoms with Gasteiger partial charge in [0.05, 0.1) is 46.5 Å². The molecule has 8 aromatic rings. The Morgan fingerprint density at radius 2 is 0.865 bits per heavy atom. The van der Waals surface area contributed by atoms with Gasteiger partial charge in [-0.3, -0.25) is 97.1 Å². The Bertz CT molecular complexity index is 5590. The predicted molar refractivity (Wildman–Crippen MR) is 458 cm³/mol. The molecule has 6 aliphatic heterocycles. The van der Waals surface area contributed by atoms with Crippen LogP contribution in [0.2, 0.25) is 10.0 Å². The zero-order chi connectivity index (χ0) is 91.0. The first-order chi connectivity index (χ1) is 60.2. The lowest BCUT2D eigenvalue weighted by Crippen LogP contribution is -2.54. The van der Waals surface area contributed by atoms with Crippen molar-refractivity contribution < 1.29 is 95.2 Å². The van der Waals surface area contributed by atoms with Gasteiger partial charge in [0.1, 0.15) is 57.3 Å². The maximum atomic E-state index is 13.3. The first-order valence-electron chi connectivity index (χ1n) is 40.9. The van der Waals surface area contributed by atoms with E-state index in [4.69, 9.17) is 58.3 Å². The normalized spacial score (nSPS) is 16.7. The van der Waals surface area contributed by atoms with Crippen LogP contribution in [0.5, 0.6) is 11.5 Å². The fraction of sp³-hybridized carbons (Fsp3) is 0.407. The summed E-state index contributed by atoms with van der Waals surface area (Å²) in [5, 5.41) is 50.1. The average Bonchev–Trinajstić information content (AvgIpc) is 1.60. The number of nitrogens with two attached hydrogens (primary N) is 1. The molecule has 4 aromatic heterocycles. The van der Waals surface area contributed by atoms with Crippen molar-refractivity contribution in [2.75, 3.05) is 39.4 Å². The second kappa shape index (κ2) is 42.6. The third-order valence-electron chi connectivity index (χ3n) is 21.5. The highest BCUT2D eigenvalue weighted by molar-refractivity contribution is 7.15. The quantitative estimate of drug-likeness (QED) is 0.0148. The number of benzene rings is 4. The number of hydrogen-bond donors (Lipinski definition) is 8. The molecule has 40 heteroatoms. The fourth-order valence-electron chi connectivity index (χ4n) is 14.9. The van der Waals surface area contributed by atoms with Crippen LogP contribution in [-0.2, 0) is 43.2 Å². The van der Waals surface area contributed by atoms with E-state index in [0.29, 0.717) is 41.3 Å². The first-order valence-corrected chi connectivity index (χ1v) is 43.3. The second-order valence-electron chi connectivity index (χ2n) is 30.3. The van der Waals surface area contributed by atoms with E-state index in [2.05, 4.69) is 74.7 Å². The van der Waals surface area contributed by atoms with Gasteiger partial charge in [0.2, 0.25) is 29.5 Å². The van der Waals surface area contributed by atoms with Gasteiger partial charge in [0.25, 0.3) is 35.4 Å². The molecule has 2 fully saturated rings. The van der Waals surface area contributed by atoms with E-state index in [0.717, 1.165) is 160 Å². The van der Waals surface area contributed by atoms with E-state index < -0.39 is 89.5 Å². The summed E-state index contributed by atoms with van der Waals surface area (Å²) >= 11 is 15.6. The number of alkyl halides is 3. The summed E-state index contributed by atoms with van der Waals surface area (Å²) in [5.41, 5.74) is 13.3. The largest absolute Gasteiger partial charge is 0.490 e. The number of nitrogens with one attached hydrogen (secondary N) is 5. The summed E-state index contributed by atoms with van der Waals surface area (Å²) in [6.45, 7) is 13.7. The number of rotatable bonds is 31. The van der Waals surface area contributed by atoms with Gasteiger partial charge < -0.3 is 41.4 Å². The number of carboxylic acid groups (broad SMARTS) is 2. The molecular formula is C86H93Cl2F3N16O17S2. The Balaban J connectivity index is 0.000000193. The van der Waals surface area contributed by atoms with E-state index in [1.165, 1.54) is 34.0 Å². The molecule has 10 heterocycles. The lowest BCUT2D eigenvalue weighted by atomic mass is 9.99. The third-order valence-corrected chi connectivity index (χ3v) is 24.4. The summed E-state index contributed by atoms with van der Waals surface area (Å²) in [7, 11) is 0. The molecule has 11 amide bonds. The molecule has 666 valence electrons. The average molecular weight is 1810 g/mol. The van der Waals surface area contributed by atoms with Gasteiger partial charge in [-0.1, -0.05) is 111 Å². The van der Waals surface area contributed by atoms with Crippen LogP contribution in [0.4, 0.5) is 13.2 Å². The number of unbranched alkanes of at least 4 members (excludes halogenated alkanes) is 10. The third kappa shape index (κ3) is 22.5. The van der Waals surface area contributed by atoms with Gasteiger partial charge in [0, 0.05) is 74.5 Å². The molecule has 126 heavy (non-hydrogen) atoms. The number of thiophene rings is 2. The Hall–Kier alpha value is -12.3. The van der Waals surface area contributed by atoms with Crippen LogP contribution in [-0.4, -0.2) is 196 Å². The molecule has 2 saturated heterocycles. The molecule has 6 aliphatic rings. The smallest absolute Gasteiger partial charge is 0.483 e. The topological polar surface area (TPSA) is 460 Å². The zero-order valence-corrected chi connectivity index (χ0v) is 72.8. The number of aryl methyl sites for hydroxylation is 4.